The van der Waals surface area contributed by atoms with Gasteiger partial charge in [-0.25, -0.2) is 0 Å². The Morgan fingerprint density at radius 3 is 2.70 bits per heavy atom. The van der Waals surface area contributed by atoms with Crippen LogP contribution in [0.4, 0.5) is 0 Å². The van der Waals surface area contributed by atoms with Crippen LogP contribution in [0.1, 0.15) is 16.7 Å². The van der Waals surface area contributed by atoms with Gasteiger partial charge in [0.15, 0.2) is 0 Å². The lowest BCUT2D eigenvalue weighted by Crippen LogP contribution is -1.92. The second-order valence-electron chi connectivity index (χ2n) is 4.26. The lowest BCUT2D eigenvalue weighted by molar-refractivity contribution is 0.184. The van der Waals surface area contributed by atoms with Crippen molar-refractivity contribution in [1.29, 1.82) is 5.26 Å². The summed E-state index contributed by atoms with van der Waals surface area (Å²) in [5, 5.41) is 9.90. The molecule has 20 heavy (non-hydrogen) atoms. The third-order valence-electron chi connectivity index (χ3n) is 2.76. The van der Waals surface area contributed by atoms with Crippen molar-refractivity contribution in [2.45, 2.75) is 11.9 Å². The van der Waals surface area contributed by atoms with Gasteiger partial charge in [0, 0.05) is 12.4 Å². The topological polar surface area (TPSA) is 42.2 Å². The van der Waals surface area contributed by atoms with Gasteiger partial charge in [0.25, 0.3) is 0 Å². The highest BCUT2D eigenvalue weighted by atomic mass is 79.9. The predicted octanol–water partition coefficient (Wildman–Crippen LogP) is 4.39. The molecule has 2 aromatic rings. The molecule has 0 aliphatic rings. The molecule has 0 saturated heterocycles. The first-order valence-corrected chi connectivity index (χ1v) is 7.23. The van der Waals surface area contributed by atoms with Crippen LogP contribution < -0.4 is 4.74 Å². The van der Waals surface area contributed by atoms with Gasteiger partial charge in [0.1, 0.15) is 17.6 Å². The summed E-state index contributed by atoms with van der Waals surface area (Å²) in [6, 6.07) is 15.4. The molecule has 0 aliphatic carbocycles. The van der Waals surface area contributed by atoms with Crippen molar-refractivity contribution in [3.8, 4) is 17.6 Å². The number of methoxy groups -OCH3 is 1. The molecule has 0 unspecified atom stereocenters. The molecule has 0 bridgehead atoms. The Morgan fingerprint density at radius 1 is 1.15 bits per heavy atom. The van der Waals surface area contributed by atoms with Crippen LogP contribution in [0, 0.1) is 11.3 Å². The third-order valence-corrected chi connectivity index (χ3v) is 3.40. The molecule has 4 heteroatoms. The number of nitriles is 1. The molecule has 2 aromatic carbocycles. The summed E-state index contributed by atoms with van der Waals surface area (Å²) in [6.07, 6.45) is 0. The quantitative estimate of drug-likeness (QED) is 0.763. The lowest BCUT2D eigenvalue weighted by Gasteiger charge is -2.09. The fraction of sp³-hybridized carbons (Fsp3) is 0.188. The van der Waals surface area contributed by atoms with E-state index in [0.717, 1.165) is 11.1 Å². The molecule has 0 N–H and O–H groups in total. The maximum atomic E-state index is 9.19. The lowest BCUT2D eigenvalue weighted by atomic mass is 10.1. The van der Waals surface area contributed by atoms with E-state index in [-0.39, 0.29) is 0 Å². The average molecular weight is 332 g/mol. The van der Waals surface area contributed by atoms with E-state index in [1.54, 1.807) is 7.11 Å². The van der Waals surface area contributed by atoms with E-state index in [4.69, 9.17) is 9.47 Å². The van der Waals surface area contributed by atoms with Crippen molar-refractivity contribution >= 4 is 15.9 Å². The van der Waals surface area contributed by atoms with Gasteiger partial charge in [-0.1, -0.05) is 34.1 Å². The molecule has 0 atom stereocenters. The molecule has 0 aromatic heterocycles. The van der Waals surface area contributed by atoms with Gasteiger partial charge >= 0.3 is 0 Å². The van der Waals surface area contributed by atoms with Crippen molar-refractivity contribution in [3.63, 3.8) is 0 Å². The zero-order chi connectivity index (χ0) is 14.4. The van der Waals surface area contributed by atoms with Gasteiger partial charge in [0.05, 0.1) is 12.2 Å². The maximum absolute atomic E-state index is 9.19. The Kier molecular flexibility index (Phi) is 5.16. The molecule has 0 radical (unpaired) electrons. The number of halogens is 1. The molecular weight excluding hydrogens is 318 g/mol. The van der Waals surface area contributed by atoms with E-state index in [1.807, 2.05) is 42.5 Å². The van der Waals surface area contributed by atoms with Gasteiger partial charge < -0.3 is 9.47 Å². The van der Waals surface area contributed by atoms with E-state index in [2.05, 4.69) is 22.0 Å². The Labute approximate surface area is 126 Å². The monoisotopic (exact) mass is 331 g/mol. The normalized spacial score (nSPS) is 10.1. The number of ether oxygens (including phenoxy) is 2. The van der Waals surface area contributed by atoms with Crippen LogP contribution in [0.25, 0.3) is 0 Å². The Morgan fingerprint density at radius 2 is 2.00 bits per heavy atom. The van der Waals surface area contributed by atoms with E-state index in [0.29, 0.717) is 29.0 Å². The number of nitrogens with zero attached hydrogens (tertiary/aromatic N) is 1. The van der Waals surface area contributed by atoms with Crippen LogP contribution >= 0.6 is 15.9 Å². The van der Waals surface area contributed by atoms with Crippen LogP contribution in [-0.4, -0.2) is 7.11 Å². The average Bonchev–Trinajstić information content (AvgIpc) is 2.48. The third kappa shape index (κ3) is 3.60. The van der Waals surface area contributed by atoms with Gasteiger partial charge in [-0.15, -0.1) is 0 Å². The van der Waals surface area contributed by atoms with Crippen molar-refractivity contribution in [1.82, 2.24) is 0 Å². The van der Waals surface area contributed by atoms with Gasteiger partial charge in [-0.3, -0.25) is 0 Å². The fourth-order valence-corrected chi connectivity index (χ4v) is 2.18. The predicted molar refractivity (Wildman–Crippen MR) is 81.0 cm³/mol. The summed E-state index contributed by atoms with van der Waals surface area (Å²) in [6.45, 7) is 0.533. The van der Waals surface area contributed by atoms with Crippen LogP contribution in [0.15, 0.2) is 42.5 Å². The minimum atomic E-state index is 0.527. The highest BCUT2D eigenvalue weighted by Crippen LogP contribution is 2.27. The molecule has 0 fully saturated rings. The summed E-state index contributed by atoms with van der Waals surface area (Å²) in [5.41, 5.74) is 2.60. The number of benzene rings is 2. The molecule has 0 spiro atoms. The van der Waals surface area contributed by atoms with Crippen molar-refractivity contribution < 1.29 is 9.47 Å². The second-order valence-corrected chi connectivity index (χ2v) is 4.82. The van der Waals surface area contributed by atoms with E-state index < -0.39 is 0 Å². The molecular formula is C16H14BrNO2. The number of hydrogen-bond acceptors (Lipinski definition) is 3. The molecule has 0 amide bonds. The fourth-order valence-electron chi connectivity index (χ4n) is 1.83. The number of alkyl halides is 1. The van der Waals surface area contributed by atoms with Gasteiger partial charge in [-0.2, -0.15) is 5.26 Å². The summed E-state index contributed by atoms with van der Waals surface area (Å²) in [7, 11) is 1.65. The largest absolute Gasteiger partial charge is 0.456 e. The smallest absolute Gasteiger partial charge is 0.145 e. The number of rotatable bonds is 5. The molecule has 2 rings (SSSR count). The molecule has 0 saturated carbocycles. The van der Waals surface area contributed by atoms with E-state index >= 15 is 0 Å². The molecule has 0 heterocycles. The van der Waals surface area contributed by atoms with Crippen molar-refractivity contribution in [3.05, 3.63) is 59.2 Å². The summed E-state index contributed by atoms with van der Waals surface area (Å²) in [4.78, 5) is 0. The zero-order valence-electron chi connectivity index (χ0n) is 11.1. The van der Waals surface area contributed by atoms with Gasteiger partial charge in [-0.05, 0) is 35.4 Å². The van der Waals surface area contributed by atoms with E-state index in [1.165, 1.54) is 0 Å². The first-order valence-electron chi connectivity index (χ1n) is 6.11. The van der Waals surface area contributed by atoms with Crippen LogP contribution in [0.5, 0.6) is 11.5 Å². The number of hydrogen-bond donors (Lipinski definition) is 0. The van der Waals surface area contributed by atoms with Crippen LogP contribution in [-0.2, 0) is 16.7 Å². The minimum absolute atomic E-state index is 0.527. The summed E-state index contributed by atoms with van der Waals surface area (Å²) >= 11 is 3.37. The zero-order valence-corrected chi connectivity index (χ0v) is 12.7. The van der Waals surface area contributed by atoms with Crippen LogP contribution in [0.2, 0.25) is 0 Å². The Balaban J connectivity index is 2.25. The first kappa shape index (κ1) is 14.6. The second kappa shape index (κ2) is 7.09. The summed E-state index contributed by atoms with van der Waals surface area (Å²) < 4.78 is 10.9. The molecule has 3 nitrogen and oxygen atoms in total. The standard InChI is InChI=1S/C16H14BrNO2/c1-19-11-13-3-2-4-15(8-13)20-16-6-5-12(9-17)7-14(16)10-18/h2-8H,9,11H2,1H3. The van der Waals surface area contributed by atoms with Crippen molar-refractivity contribution in [2.75, 3.05) is 7.11 Å². The van der Waals surface area contributed by atoms with Crippen molar-refractivity contribution in [2.24, 2.45) is 0 Å². The summed E-state index contributed by atoms with van der Waals surface area (Å²) in [5.74, 6) is 1.26. The van der Waals surface area contributed by atoms with Gasteiger partial charge in [0.2, 0.25) is 0 Å². The minimum Gasteiger partial charge on any atom is -0.456 e. The van der Waals surface area contributed by atoms with E-state index in [9.17, 15) is 5.26 Å². The Hall–Kier alpha value is -1.83. The molecule has 102 valence electrons. The Bertz CT molecular complexity index is 635. The first-order chi connectivity index (χ1) is 9.76. The maximum Gasteiger partial charge on any atom is 0.145 e. The molecule has 0 aliphatic heterocycles. The SMILES string of the molecule is COCc1cccc(Oc2ccc(CBr)cc2C#N)c1. The van der Waals surface area contributed by atoms with Crippen LogP contribution in [0.3, 0.4) is 0 Å². The highest BCUT2D eigenvalue weighted by Gasteiger charge is 2.06. The highest BCUT2D eigenvalue weighted by molar-refractivity contribution is 9.08.